The van der Waals surface area contributed by atoms with Crippen molar-refractivity contribution in [2.75, 3.05) is 26.2 Å². The quantitative estimate of drug-likeness (QED) is 0.541. The van der Waals surface area contributed by atoms with E-state index in [0.717, 1.165) is 31.9 Å². The molecule has 0 aromatic rings. The fourth-order valence-corrected chi connectivity index (χ4v) is 8.91. The predicted octanol–water partition coefficient (Wildman–Crippen LogP) is 1.15. The van der Waals surface area contributed by atoms with Gasteiger partial charge in [-0.1, -0.05) is 0 Å². The van der Waals surface area contributed by atoms with Crippen molar-refractivity contribution in [2.24, 2.45) is 17.6 Å². The van der Waals surface area contributed by atoms with Gasteiger partial charge < -0.3 is 0 Å². The molecule has 27 heavy (non-hydrogen) atoms. The van der Waals surface area contributed by atoms with Crippen molar-refractivity contribution in [2.45, 2.75) is 50.0 Å². The molecule has 0 saturated carbocycles. The van der Waals surface area contributed by atoms with E-state index < -0.39 is 38.2 Å². The second-order valence-electron chi connectivity index (χ2n) is 7.56. The number of halogens is 1. The van der Waals surface area contributed by atoms with E-state index in [1.54, 1.807) is 0 Å². The van der Waals surface area contributed by atoms with Crippen LogP contribution in [-0.4, -0.2) is 90.9 Å². The number of carbonyl (C=O) groups is 2. The summed E-state index contributed by atoms with van der Waals surface area (Å²) in [5, 5.41) is 9.24. The number of aliphatic carboxylic acids is 1. The molecule has 3 N–H and O–H groups in total. The summed E-state index contributed by atoms with van der Waals surface area (Å²) < 4.78 is 14.7. The summed E-state index contributed by atoms with van der Waals surface area (Å²) in [6.45, 7) is 11.7. The molecule has 0 aliphatic carbocycles. The first-order valence-electron chi connectivity index (χ1n) is 9.79. The van der Waals surface area contributed by atoms with Gasteiger partial charge in [0.25, 0.3) is 0 Å². The van der Waals surface area contributed by atoms with Crippen molar-refractivity contribution in [3.63, 3.8) is 0 Å². The van der Waals surface area contributed by atoms with Crippen LogP contribution in [-0.2, 0) is 9.59 Å². The third kappa shape index (κ3) is 4.94. The standard InChI is InChI=1S/C19H31FN3O3.In/c1-5-22(6-2)11-12-23-14(4)18(19(21)26)13(3)16(23)9-7-15(20)8-10-17(24)25;/h9-10,13-15,18H,5-6,8,11-12H2,1-4H3,(H2,21,26)(H,24,25);/b16-9+;. The zero-order chi connectivity index (χ0) is 20.3. The summed E-state index contributed by atoms with van der Waals surface area (Å²) in [4.78, 5) is 27.8. The van der Waals surface area contributed by atoms with Crippen molar-refractivity contribution in [3.8, 4) is 0 Å². The fraction of sp³-hybridized carbons (Fsp3) is 0.737. The minimum absolute atomic E-state index is 0.0394. The second-order valence-corrected chi connectivity index (χ2v) is 12.7. The molecular weight excluding hydrogens is 452 g/mol. The SMILES string of the molecule is CCN(CC)CCN1/C(=C/[C]2=[In][CH](C(=O)O)CC2F)C(C)C(C(N)=O)C1C. The van der Waals surface area contributed by atoms with Crippen molar-refractivity contribution in [1.82, 2.24) is 9.80 Å². The number of carbonyl (C=O) groups excluding carboxylic acids is 1. The Morgan fingerprint density at radius 3 is 2.48 bits per heavy atom. The van der Waals surface area contributed by atoms with Gasteiger partial charge in [0.2, 0.25) is 0 Å². The Balaban J connectivity index is 2.32. The van der Waals surface area contributed by atoms with Crippen LogP contribution in [0.4, 0.5) is 4.39 Å². The van der Waals surface area contributed by atoms with E-state index in [-0.39, 0.29) is 30.2 Å². The number of amides is 1. The normalized spacial score (nSPS) is 32.1. The zero-order valence-electron chi connectivity index (χ0n) is 16.7. The Morgan fingerprint density at radius 1 is 1.37 bits per heavy atom. The number of allylic oxidation sites excluding steroid dienone is 2. The van der Waals surface area contributed by atoms with Crippen LogP contribution in [0.2, 0.25) is 3.67 Å². The summed E-state index contributed by atoms with van der Waals surface area (Å²) >= 11 is -1.70. The van der Waals surface area contributed by atoms with E-state index >= 15 is 0 Å². The Morgan fingerprint density at radius 2 is 2.00 bits per heavy atom. The van der Waals surface area contributed by atoms with Gasteiger partial charge in [0.05, 0.1) is 0 Å². The number of carboxylic acids is 1. The van der Waals surface area contributed by atoms with Gasteiger partial charge in [0, 0.05) is 0 Å². The molecule has 0 radical (unpaired) electrons. The van der Waals surface area contributed by atoms with Gasteiger partial charge in [-0.2, -0.15) is 0 Å². The molecule has 2 aliphatic rings. The molecule has 1 fully saturated rings. The molecule has 5 atom stereocenters. The molecule has 150 valence electrons. The van der Waals surface area contributed by atoms with Gasteiger partial charge in [-0.3, -0.25) is 0 Å². The van der Waals surface area contributed by atoms with Crippen molar-refractivity contribution in [3.05, 3.63) is 11.8 Å². The van der Waals surface area contributed by atoms with E-state index in [9.17, 15) is 19.1 Å². The molecule has 6 nitrogen and oxygen atoms in total. The molecule has 8 heteroatoms. The van der Waals surface area contributed by atoms with E-state index in [1.165, 1.54) is 0 Å². The third-order valence-corrected chi connectivity index (χ3v) is 11.4. The van der Waals surface area contributed by atoms with Gasteiger partial charge in [-0.05, 0) is 0 Å². The first kappa shape index (κ1) is 22.4. The van der Waals surface area contributed by atoms with Crippen LogP contribution < -0.4 is 5.73 Å². The number of primary amides is 1. The van der Waals surface area contributed by atoms with E-state index in [0.29, 0.717) is 3.26 Å². The van der Waals surface area contributed by atoms with Gasteiger partial charge in [0.15, 0.2) is 0 Å². The van der Waals surface area contributed by atoms with Crippen molar-refractivity contribution < 1.29 is 19.1 Å². The molecule has 0 aromatic carbocycles. The van der Waals surface area contributed by atoms with Crippen LogP contribution in [0.3, 0.4) is 0 Å². The second kappa shape index (κ2) is 9.54. The molecule has 2 rings (SSSR count). The number of likely N-dealkylation sites (tertiary alicyclic amines) is 1. The van der Waals surface area contributed by atoms with E-state index in [2.05, 4.69) is 23.6 Å². The molecule has 0 bridgehead atoms. The number of carboxylic acid groups (broad SMARTS) is 1. The molecule has 1 saturated heterocycles. The molecule has 1 amide bonds. The molecular formula is C19H31FInN3O3. The Kier molecular flexibility index (Phi) is 7.92. The third-order valence-electron chi connectivity index (χ3n) is 6.08. The topological polar surface area (TPSA) is 86.9 Å². The van der Waals surface area contributed by atoms with Crippen LogP contribution >= 0.6 is 0 Å². The Hall–Kier alpha value is -0.890. The predicted molar refractivity (Wildman–Crippen MR) is 106 cm³/mol. The summed E-state index contributed by atoms with van der Waals surface area (Å²) in [6.07, 6.45) is 0.846. The number of nitrogens with zero attached hydrogens (tertiary/aromatic N) is 2. The number of rotatable bonds is 8. The summed E-state index contributed by atoms with van der Waals surface area (Å²) in [5.74, 6) is -1.59. The first-order valence-corrected chi connectivity index (χ1v) is 13.3. The summed E-state index contributed by atoms with van der Waals surface area (Å²) in [6, 6.07) is -0.0394. The van der Waals surface area contributed by atoms with Crippen LogP contribution in [0.5, 0.6) is 0 Å². The van der Waals surface area contributed by atoms with Crippen molar-refractivity contribution >= 4 is 37.6 Å². The van der Waals surface area contributed by atoms with E-state index in [4.69, 9.17) is 5.73 Å². The zero-order valence-corrected chi connectivity index (χ0v) is 20.0. The number of hydrogen-bond acceptors (Lipinski definition) is 4. The van der Waals surface area contributed by atoms with Crippen LogP contribution in [0.25, 0.3) is 0 Å². The maximum absolute atomic E-state index is 14.5. The minimum atomic E-state index is -1.70. The Labute approximate surface area is 171 Å². The average Bonchev–Trinajstić information content (AvgIpc) is 3.08. The summed E-state index contributed by atoms with van der Waals surface area (Å²) in [7, 11) is 0. The summed E-state index contributed by atoms with van der Waals surface area (Å²) in [5.41, 5.74) is 6.61. The molecule has 5 unspecified atom stereocenters. The Bertz CT molecular complexity index is 636. The number of hydrogen-bond donors (Lipinski definition) is 2. The molecule has 2 heterocycles. The maximum atomic E-state index is 14.5. The van der Waals surface area contributed by atoms with Crippen LogP contribution in [0.1, 0.15) is 34.1 Å². The molecule has 0 aromatic heterocycles. The van der Waals surface area contributed by atoms with Crippen LogP contribution in [0.15, 0.2) is 11.8 Å². The first-order chi connectivity index (χ1) is 12.7. The van der Waals surface area contributed by atoms with Crippen molar-refractivity contribution in [1.29, 1.82) is 0 Å². The van der Waals surface area contributed by atoms with E-state index in [1.807, 2.05) is 19.9 Å². The van der Waals surface area contributed by atoms with Gasteiger partial charge in [0.1, 0.15) is 0 Å². The molecule has 0 spiro atoms. The van der Waals surface area contributed by atoms with Crippen LogP contribution in [0, 0.1) is 11.8 Å². The monoisotopic (exact) mass is 483 g/mol. The fourth-order valence-electron chi connectivity index (χ4n) is 4.36. The van der Waals surface area contributed by atoms with Gasteiger partial charge in [-0.25, -0.2) is 0 Å². The van der Waals surface area contributed by atoms with Gasteiger partial charge in [-0.15, -0.1) is 0 Å². The number of nitrogens with two attached hydrogens (primary N) is 1. The number of likely N-dealkylation sites (N-methyl/N-ethyl adjacent to an activating group) is 1. The van der Waals surface area contributed by atoms with Gasteiger partial charge >= 0.3 is 172 Å². The molecule has 2 aliphatic heterocycles. The number of alkyl halides is 1. The average molecular weight is 483 g/mol.